The third-order valence-corrected chi connectivity index (χ3v) is 2.60. The highest BCUT2D eigenvalue weighted by molar-refractivity contribution is 5.95. The number of carbonyl (C=O) groups is 1. The average molecular weight is 274 g/mol. The number of rotatable bonds is 2. The molecule has 2 heterocycles. The largest absolute Gasteiger partial charge is 0.478 e. The topological polar surface area (TPSA) is 74.8 Å². The van der Waals surface area contributed by atoms with Crippen LogP contribution in [-0.4, -0.2) is 25.8 Å². The first-order valence-electron chi connectivity index (χ1n) is 5.23. The van der Waals surface area contributed by atoms with E-state index in [1.54, 1.807) is 0 Å². The first-order chi connectivity index (χ1) is 8.71. The molecule has 0 amide bonds. The monoisotopic (exact) mass is 274 g/mol. The molecule has 5 nitrogen and oxygen atoms in total. The zero-order chi connectivity index (χ0) is 14.4. The predicted octanol–water partition coefficient (Wildman–Crippen LogP) is 2.10. The Labute approximate surface area is 104 Å². The van der Waals surface area contributed by atoms with E-state index in [-0.39, 0.29) is 16.8 Å². The van der Waals surface area contributed by atoms with Gasteiger partial charge in [-0.05, 0) is 25.1 Å². The molecule has 0 radical (unpaired) electrons. The fraction of sp³-hybridized carbons (Fsp3) is 0.273. The third-order valence-electron chi connectivity index (χ3n) is 2.60. The highest BCUT2D eigenvalue weighted by Crippen LogP contribution is 2.30. The van der Waals surface area contributed by atoms with Crippen molar-refractivity contribution in [3.8, 4) is 0 Å². The number of aliphatic hydroxyl groups is 1. The van der Waals surface area contributed by atoms with Crippen LogP contribution in [0.2, 0.25) is 0 Å². The van der Waals surface area contributed by atoms with Gasteiger partial charge in [-0.15, -0.1) is 0 Å². The van der Waals surface area contributed by atoms with E-state index in [4.69, 9.17) is 5.11 Å². The van der Waals surface area contributed by atoms with Crippen molar-refractivity contribution >= 4 is 11.5 Å². The molecule has 102 valence electrons. The summed E-state index contributed by atoms with van der Waals surface area (Å²) in [5.41, 5.74) is -1.65. The van der Waals surface area contributed by atoms with E-state index in [0.29, 0.717) is 6.07 Å². The second-order valence-corrected chi connectivity index (χ2v) is 3.98. The lowest BCUT2D eigenvalue weighted by Gasteiger charge is -2.08. The van der Waals surface area contributed by atoms with Gasteiger partial charge in [0.1, 0.15) is 0 Å². The number of hydrogen-bond donors (Lipinski definition) is 2. The molecule has 0 aliphatic carbocycles. The maximum atomic E-state index is 12.6. The number of pyridine rings is 1. The molecule has 2 aromatic rings. The number of hydrogen-bond acceptors (Lipinski definition) is 3. The number of carboxylic acids is 1. The number of alkyl halides is 3. The van der Waals surface area contributed by atoms with E-state index < -0.39 is 23.9 Å². The highest BCUT2D eigenvalue weighted by Gasteiger charge is 2.35. The zero-order valence-electron chi connectivity index (χ0n) is 9.64. The molecule has 1 unspecified atom stereocenters. The summed E-state index contributed by atoms with van der Waals surface area (Å²) in [5.74, 6) is -1.37. The van der Waals surface area contributed by atoms with Crippen LogP contribution in [0.5, 0.6) is 0 Å². The average Bonchev–Trinajstić information content (AvgIpc) is 2.70. The molecule has 0 bridgehead atoms. The van der Waals surface area contributed by atoms with Crippen molar-refractivity contribution in [3.63, 3.8) is 0 Å². The molecule has 0 saturated heterocycles. The molecule has 0 aromatic carbocycles. The molecular weight excluding hydrogens is 265 g/mol. The van der Waals surface area contributed by atoms with E-state index >= 15 is 0 Å². The predicted molar refractivity (Wildman–Crippen MR) is 57.8 cm³/mol. The summed E-state index contributed by atoms with van der Waals surface area (Å²) >= 11 is 0. The van der Waals surface area contributed by atoms with Gasteiger partial charge in [0.25, 0.3) is 0 Å². The lowest BCUT2D eigenvalue weighted by Crippen LogP contribution is -2.09. The Hall–Kier alpha value is -2.09. The minimum absolute atomic E-state index is 0.0792. The van der Waals surface area contributed by atoms with Crippen molar-refractivity contribution in [1.82, 2.24) is 9.61 Å². The Kier molecular flexibility index (Phi) is 2.97. The second-order valence-electron chi connectivity index (χ2n) is 3.98. The van der Waals surface area contributed by atoms with Gasteiger partial charge in [0.05, 0.1) is 22.9 Å². The van der Waals surface area contributed by atoms with Crippen LogP contribution in [-0.2, 0) is 6.18 Å². The summed E-state index contributed by atoms with van der Waals surface area (Å²) in [7, 11) is 0. The van der Waals surface area contributed by atoms with E-state index in [1.807, 2.05) is 0 Å². The van der Waals surface area contributed by atoms with Crippen molar-refractivity contribution in [2.24, 2.45) is 0 Å². The Morgan fingerprint density at radius 2 is 2.05 bits per heavy atom. The van der Waals surface area contributed by atoms with Gasteiger partial charge in [0.2, 0.25) is 0 Å². The maximum absolute atomic E-state index is 12.6. The van der Waals surface area contributed by atoms with Gasteiger partial charge in [-0.3, -0.25) is 0 Å². The summed E-state index contributed by atoms with van der Waals surface area (Å²) in [6.07, 6.45) is -5.76. The van der Waals surface area contributed by atoms with Crippen LogP contribution >= 0.6 is 0 Å². The van der Waals surface area contributed by atoms with Crippen molar-refractivity contribution in [3.05, 3.63) is 35.2 Å². The fourth-order valence-electron chi connectivity index (χ4n) is 1.73. The van der Waals surface area contributed by atoms with Gasteiger partial charge in [0, 0.05) is 0 Å². The number of aromatic nitrogens is 2. The van der Waals surface area contributed by atoms with Crippen LogP contribution in [0.1, 0.15) is 34.8 Å². The van der Waals surface area contributed by atoms with E-state index in [2.05, 4.69) is 5.10 Å². The molecule has 0 fully saturated rings. The number of carboxylic acid groups (broad SMARTS) is 1. The third kappa shape index (κ3) is 2.26. The number of aromatic carboxylic acids is 1. The van der Waals surface area contributed by atoms with Crippen LogP contribution in [0, 0.1) is 0 Å². The maximum Gasteiger partial charge on any atom is 0.435 e. The van der Waals surface area contributed by atoms with Gasteiger partial charge >= 0.3 is 12.1 Å². The number of halogens is 3. The molecule has 0 spiro atoms. The van der Waals surface area contributed by atoms with Gasteiger partial charge in [-0.2, -0.15) is 18.3 Å². The molecule has 0 aliphatic heterocycles. The molecule has 0 saturated carbocycles. The Bertz CT molecular complexity index is 646. The Morgan fingerprint density at radius 3 is 2.53 bits per heavy atom. The van der Waals surface area contributed by atoms with Gasteiger partial charge in [0.15, 0.2) is 5.69 Å². The van der Waals surface area contributed by atoms with Crippen molar-refractivity contribution in [2.45, 2.75) is 19.2 Å². The lowest BCUT2D eigenvalue weighted by molar-refractivity contribution is -0.141. The second kappa shape index (κ2) is 4.23. The summed E-state index contributed by atoms with van der Waals surface area (Å²) in [6.45, 7) is 1.35. The van der Waals surface area contributed by atoms with Crippen molar-refractivity contribution in [1.29, 1.82) is 0 Å². The first-order valence-corrected chi connectivity index (χ1v) is 5.23. The molecule has 2 rings (SSSR count). The Balaban J connectivity index is 2.81. The molecule has 1 atom stereocenters. The SMILES string of the molecule is CC(O)c1ccc(C(=O)O)c2cc(C(F)(F)F)nn12. The van der Waals surface area contributed by atoms with Crippen LogP contribution in [0.25, 0.3) is 5.52 Å². The normalized spacial score (nSPS) is 13.7. The summed E-state index contributed by atoms with van der Waals surface area (Å²) in [6, 6.07) is 3.02. The van der Waals surface area contributed by atoms with Crippen LogP contribution in [0.15, 0.2) is 18.2 Å². The minimum Gasteiger partial charge on any atom is -0.478 e. The molecular formula is C11H9F3N2O3. The summed E-state index contributed by atoms with van der Waals surface area (Å²) < 4.78 is 38.6. The van der Waals surface area contributed by atoms with E-state index in [0.717, 1.165) is 10.6 Å². The quantitative estimate of drug-likeness (QED) is 0.879. The summed E-state index contributed by atoms with van der Waals surface area (Å²) in [5, 5.41) is 21.7. The minimum atomic E-state index is -4.68. The van der Waals surface area contributed by atoms with Crippen molar-refractivity contribution in [2.75, 3.05) is 0 Å². The highest BCUT2D eigenvalue weighted by atomic mass is 19.4. The standard InChI is InChI=1S/C11H9F3N2O3/c1-5(17)7-3-2-6(10(18)19)8-4-9(11(12,13)14)15-16(7)8/h2-5,17H,1H3,(H,18,19). The van der Waals surface area contributed by atoms with Gasteiger partial charge in [-0.1, -0.05) is 0 Å². The van der Waals surface area contributed by atoms with Crippen molar-refractivity contribution < 1.29 is 28.2 Å². The molecule has 19 heavy (non-hydrogen) atoms. The van der Waals surface area contributed by atoms with Gasteiger partial charge in [-0.25, -0.2) is 9.31 Å². The van der Waals surface area contributed by atoms with E-state index in [9.17, 15) is 23.1 Å². The zero-order valence-corrected chi connectivity index (χ0v) is 9.64. The van der Waals surface area contributed by atoms with Gasteiger partial charge < -0.3 is 10.2 Å². The molecule has 0 aliphatic rings. The first kappa shape index (κ1) is 13.3. The molecule has 8 heteroatoms. The smallest absolute Gasteiger partial charge is 0.435 e. The number of nitrogens with zero attached hydrogens (tertiary/aromatic N) is 2. The van der Waals surface area contributed by atoms with Crippen LogP contribution in [0.4, 0.5) is 13.2 Å². The van der Waals surface area contributed by atoms with E-state index in [1.165, 1.54) is 13.0 Å². The fourth-order valence-corrected chi connectivity index (χ4v) is 1.73. The number of fused-ring (bicyclic) bond motifs is 1. The molecule has 2 N–H and O–H groups in total. The Morgan fingerprint density at radius 1 is 1.42 bits per heavy atom. The lowest BCUT2D eigenvalue weighted by atomic mass is 10.1. The summed E-state index contributed by atoms with van der Waals surface area (Å²) in [4.78, 5) is 11.0. The van der Waals surface area contributed by atoms with Crippen LogP contribution in [0.3, 0.4) is 0 Å². The molecule has 2 aromatic heterocycles. The number of aliphatic hydroxyl groups excluding tert-OH is 1. The van der Waals surface area contributed by atoms with Crippen LogP contribution < -0.4 is 0 Å².